The van der Waals surface area contributed by atoms with Gasteiger partial charge in [-0.05, 0) is 17.7 Å². The van der Waals surface area contributed by atoms with E-state index in [0.717, 1.165) is 5.56 Å². The highest BCUT2D eigenvalue weighted by Crippen LogP contribution is 2.28. The van der Waals surface area contributed by atoms with Gasteiger partial charge in [-0.2, -0.15) is 9.61 Å². The van der Waals surface area contributed by atoms with Gasteiger partial charge in [0.15, 0.2) is 11.5 Å². The van der Waals surface area contributed by atoms with Crippen molar-refractivity contribution in [2.45, 2.75) is 32.3 Å². The molecule has 0 amide bonds. The molecule has 0 aliphatic heterocycles. The molecule has 1 N–H and O–H groups in total. The van der Waals surface area contributed by atoms with Gasteiger partial charge < -0.3 is 9.47 Å². The Morgan fingerprint density at radius 2 is 1.90 bits per heavy atom. The van der Waals surface area contributed by atoms with Crippen molar-refractivity contribution in [3.63, 3.8) is 0 Å². The van der Waals surface area contributed by atoms with E-state index in [4.69, 9.17) is 9.47 Å². The number of benzene rings is 1. The summed E-state index contributed by atoms with van der Waals surface area (Å²) in [5.74, 6) is 1.75. The third-order valence-electron chi connectivity index (χ3n) is 4.31. The Morgan fingerprint density at radius 3 is 2.55 bits per heavy atom. The lowest BCUT2D eigenvalue weighted by Gasteiger charge is -2.15. The lowest BCUT2D eigenvalue weighted by atomic mass is 9.92. The normalized spacial score (nSPS) is 11.6. The van der Waals surface area contributed by atoms with Gasteiger partial charge in [-0.3, -0.25) is 14.6 Å². The number of rotatable bonds is 7. The van der Waals surface area contributed by atoms with E-state index >= 15 is 0 Å². The van der Waals surface area contributed by atoms with Crippen molar-refractivity contribution < 1.29 is 14.3 Å². The fraction of sp³-hybridized carbons (Fsp3) is 0.421. The summed E-state index contributed by atoms with van der Waals surface area (Å²) in [7, 11) is 3.12. The smallest absolute Gasteiger partial charge is 0.274 e. The largest absolute Gasteiger partial charge is 0.493 e. The number of nitrogens with zero attached hydrogens (tertiary/aromatic N) is 4. The topological polar surface area (TPSA) is 111 Å². The Bertz CT molecular complexity index is 1100. The van der Waals surface area contributed by atoms with Gasteiger partial charge in [0, 0.05) is 11.8 Å². The van der Waals surface area contributed by atoms with Crippen LogP contribution in [0.4, 0.5) is 0 Å². The minimum atomic E-state index is -0.437. The van der Waals surface area contributed by atoms with Crippen LogP contribution in [0.3, 0.4) is 0 Å². The zero-order chi connectivity index (χ0) is 21.2. The Labute approximate surface area is 171 Å². The second kappa shape index (κ2) is 8.24. The highest BCUT2D eigenvalue weighted by molar-refractivity contribution is 7.99. The van der Waals surface area contributed by atoms with Crippen molar-refractivity contribution in [2.24, 2.45) is 5.41 Å². The molecule has 154 valence electrons. The number of carbonyl (C=O) groups excluding carboxylic acids is 1. The Balaban J connectivity index is 1.88. The first-order valence-electron chi connectivity index (χ1n) is 8.94. The van der Waals surface area contributed by atoms with Crippen LogP contribution in [0.15, 0.2) is 28.2 Å². The van der Waals surface area contributed by atoms with Crippen LogP contribution in [0.1, 0.15) is 32.0 Å². The lowest BCUT2D eigenvalue weighted by Crippen LogP contribution is -2.22. The molecule has 0 aliphatic rings. The molecule has 29 heavy (non-hydrogen) atoms. The molecule has 3 aromatic rings. The minimum Gasteiger partial charge on any atom is -0.493 e. The molecule has 0 radical (unpaired) electrons. The number of hydrogen-bond donors (Lipinski definition) is 1. The maximum atomic E-state index is 12.4. The number of fused-ring (bicyclic) bond motifs is 1. The lowest BCUT2D eigenvalue weighted by molar-refractivity contribution is -0.123. The van der Waals surface area contributed by atoms with E-state index in [-0.39, 0.29) is 29.3 Å². The summed E-state index contributed by atoms with van der Waals surface area (Å²) in [6, 6.07) is 5.42. The molecule has 0 fully saturated rings. The number of aromatic amines is 1. The van der Waals surface area contributed by atoms with E-state index in [1.807, 2.05) is 26.8 Å². The number of carbonyl (C=O) groups is 1. The molecule has 0 spiro atoms. The molecule has 0 aliphatic carbocycles. The zero-order valence-electron chi connectivity index (χ0n) is 17.0. The summed E-state index contributed by atoms with van der Waals surface area (Å²) in [5, 5.41) is 12.8. The molecule has 9 nitrogen and oxygen atoms in total. The molecule has 0 unspecified atom stereocenters. The SMILES string of the molecule is COc1ccc(Cc2nn3c(SCC(=O)C(C)(C)C)nnc3[nH]c2=O)cc1OC. The average molecular weight is 417 g/mol. The van der Waals surface area contributed by atoms with E-state index in [0.29, 0.717) is 22.3 Å². The maximum Gasteiger partial charge on any atom is 0.274 e. The van der Waals surface area contributed by atoms with Gasteiger partial charge in [-0.15, -0.1) is 10.2 Å². The third kappa shape index (κ3) is 4.58. The quantitative estimate of drug-likeness (QED) is 0.582. The van der Waals surface area contributed by atoms with Crippen LogP contribution in [-0.2, 0) is 11.2 Å². The van der Waals surface area contributed by atoms with Crippen LogP contribution < -0.4 is 15.0 Å². The Kier molecular flexibility index (Phi) is 5.92. The molecule has 2 heterocycles. The Hall–Kier alpha value is -2.88. The van der Waals surface area contributed by atoms with Gasteiger partial charge in [-0.25, -0.2) is 0 Å². The van der Waals surface area contributed by atoms with Gasteiger partial charge >= 0.3 is 0 Å². The number of ketones is 1. The highest BCUT2D eigenvalue weighted by atomic mass is 32.2. The number of H-pyrrole nitrogens is 1. The number of hydrogen-bond acceptors (Lipinski definition) is 8. The molecule has 2 aromatic heterocycles. The summed E-state index contributed by atoms with van der Waals surface area (Å²) < 4.78 is 12.0. The molecule has 3 rings (SSSR count). The first-order valence-corrected chi connectivity index (χ1v) is 9.93. The van der Waals surface area contributed by atoms with Crippen molar-refractivity contribution in [3.05, 3.63) is 39.8 Å². The minimum absolute atomic E-state index is 0.0919. The molecular weight excluding hydrogens is 394 g/mol. The summed E-state index contributed by atoms with van der Waals surface area (Å²) >= 11 is 1.24. The Morgan fingerprint density at radius 1 is 1.17 bits per heavy atom. The molecule has 0 saturated heterocycles. The van der Waals surface area contributed by atoms with Gasteiger partial charge in [0.05, 0.1) is 20.0 Å². The van der Waals surface area contributed by atoms with Crippen LogP contribution in [0.2, 0.25) is 0 Å². The molecular formula is C19H23N5O4S. The van der Waals surface area contributed by atoms with E-state index < -0.39 is 5.41 Å². The van der Waals surface area contributed by atoms with Crippen molar-refractivity contribution in [2.75, 3.05) is 20.0 Å². The van der Waals surface area contributed by atoms with Crippen molar-refractivity contribution >= 4 is 23.3 Å². The summed E-state index contributed by atoms with van der Waals surface area (Å²) in [5.41, 5.74) is 0.356. The van der Waals surface area contributed by atoms with Crippen LogP contribution in [-0.4, -0.2) is 50.6 Å². The van der Waals surface area contributed by atoms with Crippen LogP contribution in [0, 0.1) is 5.41 Å². The predicted molar refractivity (Wildman–Crippen MR) is 109 cm³/mol. The first kappa shape index (κ1) is 20.8. The van der Waals surface area contributed by atoms with E-state index in [2.05, 4.69) is 20.3 Å². The third-order valence-corrected chi connectivity index (χ3v) is 5.23. The van der Waals surface area contributed by atoms with Crippen molar-refractivity contribution in [1.29, 1.82) is 0 Å². The van der Waals surface area contributed by atoms with Crippen LogP contribution in [0.5, 0.6) is 11.5 Å². The van der Waals surface area contributed by atoms with Gasteiger partial charge in [-0.1, -0.05) is 38.6 Å². The zero-order valence-corrected chi connectivity index (χ0v) is 17.8. The maximum absolute atomic E-state index is 12.4. The standard InChI is InChI=1S/C19H23N5O4S/c1-19(2,3)15(25)10-29-18-22-21-17-20-16(26)12(23-24(17)18)8-11-6-7-13(27-4)14(9-11)28-5/h6-7,9H,8,10H2,1-5H3,(H,20,21,26). The molecule has 0 atom stereocenters. The average Bonchev–Trinajstić information content (AvgIpc) is 3.07. The van der Waals surface area contributed by atoms with E-state index in [9.17, 15) is 9.59 Å². The van der Waals surface area contributed by atoms with E-state index in [1.54, 1.807) is 26.4 Å². The summed E-state index contributed by atoms with van der Waals surface area (Å²) in [6.45, 7) is 5.61. The second-order valence-corrected chi connectivity index (χ2v) is 8.39. The van der Waals surface area contributed by atoms with Gasteiger partial charge in [0.1, 0.15) is 11.5 Å². The van der Waals surface area contributed by atoms with Crippen LogP contribution in [0.25, 0.3) is 5.78 Å². The number of aromatic nitrogens is 5. The second-order valence-electron chi connectivity index (χ2n) is 7.45. The number of thioether (sulfide) groups is 1. The van der Waals surface area contributed by atoms with Gasteiger partial charge in [0.25, 0.3) is 11.3 Å². The van der Waals surface area contributed by atoms with Crippen molar-refractivity contribution in [3.8, 4) is 11.5 Å². The van der Waals surface area contributed by atoms with Crippen molar-refractivity contribution in [1.82, 2.24) is 24.8 Å². The summed E-state index contributed by atoms with van der Waals surface area (Å²) in [4.78, 5) is 27.3. The number of ether oxygens (including phenoxy) is 2. The van der Waals surface area contributed by atoms with E-state index in [1.165, 1.54) is 16.3 Å². The predicted octanol–water partition coefficient (Wildman–Crippen LogP) is 2.13. The van der Waals surface area contributed by atoms with Gasteiger partial charge in [0.2, 0.25) is 5.16 Å². The monoisotopic (exact) mass is 417 g/mol. The molecule has 0 bridgehead atoms. The summed E-state index contributed by atoms with van der Waals surface area (Å²) in [6.07, 6.45) is 0.287. The highest BCUT2D eigenvalue weighted by Gasteiger charge is 2.22. The fourth-order valence-corrected chi connectivity index (χ4v) is 3.55. The fourth-order valence-electron chi connectivity index (χ4n) is 2.51. The number of methoxy groups -OCH3 is 2. The number of Topliss-reactive ketones (excluding diaryl/α,β-unsaturated/α-hetero) is 1. The molecule has 10 heteroatoms. The molecule has 1 aromatic carbocycles. The molecule has 0 saturated carbocycles. The van der Waals surface area contributed by atoms with Crippen LogP contribution >= 0.6 is 11.8 Å². The number of nitrogens with one attached hydrogen (secondary N) is 1. The first-order chi connectivity index (χ1) is 13.7.